The maximum absolute atomic E-state index is 12.8. The van der Waals surface area contributed by atoms with E-state index in [0.717, 1.165) is 36.2 Å². The molecule has 0 atom stereocenters. The first kappa shape index (κ1) is 23.2. The van der Waals surface area contributed by atoms with E-state index < -0.39 is 0 Å². The number of aromatic nitrogens is 2. The van der Waals surface area contributed by atoms with Crippen LogP contribution < -0.4 is 29.7 Å². The summed E-state index contributed by atoms with van der Waals surface area (Å²) in [6.07, 6.45) is 2.38. The van der Waals surface area contributed by atoms with Crippen molar-refractivity contribution in [2.24, 2.45) is 0 Å². The lowest BCUT2D eigenvalue weighted by atomic mass is 10.1. The molecule has 1 saturated heterocycles. The molecule has 2 heterocycles. The summed E-state index contributed by atoms with van der Waals surface area (Å²) in [6, 6.07) is 12.6. The number of nitrogens with zero attached hydrogens (tertiary/aromatic N) is 3. The molecule has 178 valence electrons. The van der Waals surface area contributed by atoms with Crippen LogP contribution in [-0.2, 0) is 0 Å². The quantitative estimate of drug-likeness (QED) is 0.507. The molecule has 1 aliphatic heterocycles. The molecule has 0 spiro atoms. The van der Waals surface area contributed by atoms with Crippen molar-refractivity contribution in [1.29, 1.82) is 0 Å². The van der Waals surface area contributed by atoms with Crippen LogP contribution >= 0.6 is 0 Å². The van der Waals surface area contributed by atoms with Crippen molar-refractivity contribution < 1.29 is 19.0 Å². The van der Waals surface area contributed by atoms with E-state index in [1.807, 2.05) is 37.3 Å². The lowest BCUT2D eigenvalue weighted by Crippen LogP contribution is -2.19. The van der Waals surface area contributed by atoms with Crippen LogP contribution in [-0.4, -0.2) is 50.3 Å². The van der Waals surface area contributed by atoms with Gasteiger partial charge in [-0.05, 0) is 56.2 Å². The summed E-state index contributed by atoms with van der Waals surface area (Å²) in [5.74, 6) is 3.39. The van der Waals surface area contributed by atoms with Crippen molar-refractivity contribution in [3.8, 4) is 17.2 Å². The minimum Gasteiger partial charge on any atom is -0.493 e. The molecule has 0 bridgehead atoms. The van der Waals surface area contributed by atoms with E-state index in [2.05, 4.69) is 25.5 Å². The van der Waals surface area contributed by atoms with Gasteiger partial charge in [0.15, 0.2) is 11.5 Å². The number of anilines is 4. The number of hydrogen-bond acceptors (Lipinski definition) is 8. The number of carbonyl (C=O) groups excluding carboxylic acids is 1. The van der Waals surface area contributed by atoms with Gasteiger partial charge in [0.05, 0.1) is 21.3 Å². The standard InChI is InChI=1S/C25H29N5O4/c1-16-26-22(15-23(27-16)30-11-5-6-12-30)28-18-7-9-19(10-8-18)29-25(31)17-13-20(32-2)24(34-4)21(14-17)33-3/h7-10,13-15H,5-6,11-12H2,1-4H3,(H,29,31)(H,26,27,28). The zero-order chi connectivity index (χ0) is 24.1. The topological polar surface area (TPSA) is 97.8 Å². The maximum Gasteiger partial charge on any atom is 0.255 e. The molecule has 3 aromatic rings. The number of nitrogens with one attached hydrogen (secondary N) is 2. The molecule has 1 aliphatic rings. The van der Waals surface area contributed by atoms with E-state index in [-0.39, 0.29) is 5.91 Å². The first-order valence-electron chi connectivity index (χ1n) is 11.1. The number of carbonyl (C=O) groups is 1. The highest BCUT2D eigenvalue weighted by Crippen LogP contribution is 2.38. The van der Waals surface area contributed by atoms with E-state index in [0.29, 0.717) is 28.5 Å². The third-order valence-corrected chi connectivity index (χ3v) is 5.60. The van der Waals surface area contributed by atoms with Crippen molar-refractivity contribution in [2.45, 2.75) is 19.8 Å². The molecule has 0 aliphatic carbocycles. The van der Waals surface area contributed by atoms with Gasteiger partial charge in [-0.2, -0.15) is 0 Å². The fourth-order valence-corrected chi connectivity index (χ4v) is 3.92. The Morgan fingerprint density at radius 2 is 1.50 bits per heavy atom. The predicted molar refractivity (Wildman–Crippen MR) is 132 cm³/mol. The van der Waals surface area contributed by atoms with Gasteiger partial charge in [0, 0.05) is 36.1 Å². The zero-order valence-corrected chi connectivity index (χ0v) is 19.8. The van der Waals surface area contributed by atoms with Crippen LogP contribution in [0.3, 0.4) is 0 Å². The average molecular weight is 464 g/mol. The van der Waals surface area contributed by atoms with Crippen molar-refractivity contribution in [3.05, 3.63) is 53.9 Å². The Morgan fingerprint density at radius 3 is 2.09 bits per heavy atom. The Labute approximate surface area is 199 Å². The van der Waals surface area contributed by atoms with E-state index in [9.17, 15) is 4.79 Å². The second-order valence-corrected chi connectivity index (χ2v) is 7.92. The number of benzene rings is 2. The fraction of sp³-hybridized carbons (Fsp3) is 0.320. The lowest BCUT2D eigenvalue weighted by Gasteiger charge is -2.18. The van der Waals surface area contributed by atoms with E-state index in [1.54, 1.807) is 12.1 Å². The molecule has 2 aromatic carbocycles. The second kappa shape index (κ2) is 10.3. The molecular weight excluding hydrogens is 434 g/mol. The Kier molecular flexibility index (Phi) is 7.01. The van der Waals surface area contributed by atoms with Crippen molar-refractivity contribution in [3.63, 3.8) is 0 Å². The fourth-order valence-electron chi connectivity index (χ4n) is 3.92. The number of aryl methyl sites for hydroxylation is 1. The highest BCUT2D eigenvalue weighted by Gasteiger charge is 2.18. The van der Waals surface area contributed by atoms with Crippen molar-refractivity contribution in [1.82, 2.24) is 9.97 Å². The van der Waals surface area contributed by atoms with Gasteiger partial charge in [0.25, 0.3) is 5.91 Å². The normalized spacial score (nSPS) is 12.9. The summed E-state index contributed by atoms with van der Waals surface area (Å²) in [4.78, 5) is 24.2. The number of ether oxygens (including phenoxy) is 3. The maximum atomic E-state index is 12.8. The third kappa shape index (κ3) is 5.14. The molecule has 9 nitrogen and oxygen atoms in total. The van der Waals surface area contributed by atoms with Crippen LogP contribution in [0, 0.1) is 6.92 Å². The Balaban J connectivity index is 1.46. The number of amides is 1. The number of rotatable bonds is 8. The van der Waals surface area contributed by atoms with Gasteiger partial charge in [0.2, 0.25) is 5.75 Å². The van der Waals surface area contributed by atoms with E-state index in [1.165, 1.54) is 34.2 Å². The average Bonchev–Trinajstić information content (AvgIpc) is 3.39. The highest BCUT2D eigenvalue weighted by atomic mass is 16.5. The van der Waals surface area contributed by atoms with Gasteiger partial charge in [-0.3, -0.25) is 4.79 Å². The Hall–Kier alpha value is -4.01. The molecule has 2 N–H and O–H groups in total. The second-order valence-electron chi connectivity index (χ2n) is 7.92. The molecule has 1 fully saturated rings. The van der Waals surface area contributed by atoms with Crippen molar-refractivity contribution in [2.75, 3.05) is 50.0 Å². The molecule has 9 heteroatoms. The molecule has 4 rings (SSSR count). The molecule has 1 amide bonds. The Morgan fingerprint density at radius 1 is 0.882 bits per heavy atom. The largest absolute Gasteiger partial charge is 0.493 e. The van der Waals surface area contributed by atoms with E-state index in [4.69, 9.17) is 14.2 Å². The minimum absolute atomic E-state index is 0.290. The van der Waals surface area contributed by atoms with Gasteiger partial charge in [-0.15, -0.1) is 0 Å². The summed E-state index contributed by atoms with van der Waals surface area (Å²) in [5, 5.41) is 6.22. The summed E-state index contributed by atoms with van der Waals surface area (Å²) in [7, 11) is 4.54. The summed E-state index contributed by atoms with van der Waals surface area (Å²) >= 11 is 0. The smallest absolute Gasteiger partial charge is 0.255 e. The summed E-state index contributed by atoms with van der Waals surface area (Å²) in [5.41, 5.74) is 1.90. The zero-order valence-electron chi connectivity index (χ0n) is 19.8. The van der Waals surface area contributed by atoms with Crippen LogP contribution in [0.1, 0.15) is 29.0 Å². The van der Waals surface area contributed by atoms with Crippen LogP contribution in [0.25, 0.3) is 0 Å². The molecule has 0 radical (unpaired) electrons. The van der Waals surface area contributed by atoms with Crippen LogP contribution in [0.5, 0.6) is 17.2 Å². The van der Waals surface area contributed by atoms with Crippen LogP contribution in [0.15, 0.2) is 42.5 Å². The summed E-state index contributed by atoms with van der Waals surface area (Å²) < 4.78 is 16.0. The van der Waals surface area contributed by atoms with Crippen molar-refractivity contribution >= 4 is 28.9 Å². The molecule has 0 unspecified atom stereocenters. The van der Waals surface area contributed by atoms with Gasteiger partial charge in [0.1, 0.15) is 17.5 Å². The third-order valence-electron chi connectivity index (χ3n) is 5.60. The summed E-state index contributed by atoms with van der Waals surface area (Å²) in [6.45, 7) is 3.94. The van der Waals surface area contributed by atoms with E-state index >= 15 is 0 Å². The number of methoxy groups -OCH3 is 3. The van der Waals surface area contributed by atoms with Crippen LogP contribution in [0.2, 0.25) is 0 Å². The molecule has 34 heavy (non-hydrogen) atoms. The minimum atomic E-state index is -0.290. The monoisotopic (exact) mass is 463 g/mol. The van der Waals surface area contributed by atoms with Gasteiger partial charge in [-0.1, -0.05) is 0 Å². The lowest BCUT2D eigenvalue weighted by molar-refractivity contribution is 0.102. The highest BCUT2D eigenvalue weighted by molar-refractivity contribution is 6.05. The molecule has 0 saturated carbocycles. The first-order valence-corrected chi connectivity index (χ1v) is 11.1. The van der Waals surface area contributed by atoms with Gasteiger partial charge >= 0.3 is 0 Å². The predicted octanol–water partition coefficient (Wildman–Crippen LogP) is 4.41. The van der Waals surface area contributed by atoms with Crippen LogP contribution in [0.4, 0.5) is 23.0 Å². The Bertz CT molecular complexity index is 1140. The molecule has 1 aromatic heterocycles. The SMILES string of the molecule is COc1cc(C(=O)Nc2ccc(Nc3cc(N4CCCC4)nc(C)n3)cc2)cc(OC)c1OC. The van der Waals surface area contributed by atoms with Gasteiger partial charge < -0.3 is 29.7 Å². The first-order chi connectivity index (χ1) is 16.5. The molecular formula is C25H29N5O4. The van der Waals surface area contributed by atoms with Gasteiger partial charge in [-0.25, -0.2) is 9.97 Å². The number of hydrogen-bond donors (Lipinski definition) is 2.